The van der Waals surface area contributed by atoms with Crippen molar-refractivity contribution in [3.05, 3.63) is 0 Å². The van der Waals surface area contributed by atoms with Crippen LogP contribution in [0.2, 0.25) is 0 Å². The summed E-state index contributed by atoms with van der Waals surface area (Å²) < 4.78 is 6.08. The molecule has 0 N–H and O–H groups in total. The van der Waals surface area contributed by atoms with E-state index in [4.69, 9.17) is 4.74 Å². The summed E-state index contributed by atoms with van der Waals surface area (Å²) in [6.45, 7) is 12.5. The summed E-state index contributed by atoms with van der Waals surface area (Å²) in [5.74, 6) is 0.0375. The quantitative estimate of drug-likeness (QED) is 0.156. The van der Waals surface area contributed by atoms with Crippen molar-refractivity contribution in [1.29, 1.82) is 0 Å². The summed E-state index contributed by atoms with van der Waals surface area (Å²) in [6, 6.07) is 0. The Morgan fingerprint density at radius 3 is 1.90 bits per heavy atom. The van der Waals surface area contributed by atoms with Crippen LogP contribution in [-0.2, 0) is 9.53 Å². The Bertz CT molecular complexity index is 403. The lowest BCUT2D eigenvalue weighted by molar-refractivity contribution is -0.161. The van der Waals surface area contributed by atoms with Crippen molar-refractivity contribution in [2.24, 2.45) is 5.41 Å². The van der Waals surface area contributed by atoms with Gasteiger partial charge in [0.25, 0.3) is 0 Å². The molecule has 178 valence electrons. The second-order valence-electron chi connectivity index (χ2n) is 10.3. The predicted molar refractivity (Wildman–Crippen MR) is 130 cm³/mol. The Kier molecular flexibility index (Phi) is 15.6. The maximum atomic E-state index is 12.9. The minimum Gasteiger partial charge on any atom is -0.462 e. The highest BCUT2D eigenvalue weighted by molar-refractivity contribution is 5.76. The summed E-state index contributed by atoms with van der Waals surface area (Å²) in [6.07, 6.45) is 20.9. The van der Waals surface area contributed by atoms with E-state index in [1.165, 1.54) is 103 Å². The third-order valence-corrected chi connectivity index (χ3v) is 6.81. The van der Waals surface area contributed by atoms with Crippen LogP contribution in [0.25, 0.3) is 0 Å². The van der Waals surface area contributed by atoms with Crippen molar-refractivity contribution >= 4 is 5.97 Å². The highest BCUT2D eigenvalue weighted by Gasteiger charge is 2.30. The number of esters is 1. The van der Waals surface area contributed by atoms with Gasteiger partial charge in [-0.15, -0.1) is 0 Å². The smallest absolute Gasteiger partial charge is 0.311 e. The molecule has 1 rings (SSSR count). The molecule has 0 radical (unpaired) electrons. The van der Waals surface area contributed by atoms with E-state index in [2.05, 4.69) is 32.6 Å². The average Bonchev–Trinajstić information content (AvgIpc) is 3.24. The van der Waals surface area contributed by atoms with Crippen LogP contribution in [0, 0.1) is 5.41 Å². The number of rotatable bonds is 19. The largest absolute Gasteiger partial charge is 0.462 e. The lowest BCUT2D eigenvalue weighted by atomic mass is 9.86. The number of carbonyl (C=O) groups is 1. The van der Waals surface area contributed by atoms with Gasteiger partial charge in [-0.1, -0.05) is 71.6 Å². The fraction of sp³-hybridized carbons (Fsp3) is 0.963. The van der Waals surface area contributed by atoms with E-state index < -0.39 is 0 Å². The van der Waals surface area contributed by atoms with Crippen LogP contribution in [0.4, 0.5) is 0 Å². The zero-order chi connectivity index (χ0) is 22.1. The summed E-state index contributed by atoms with van der Waals surface area (Å²) in [5, 5.41) is 0. The van der Waals surface area contributed by atoms with Crippen molar-refractivity contribution in [3.63, 3.8) is 0 Å². The number of nitrogens with zero attached hydrogens (tertiary/aromatic N) is 1. The van der Waals surface area contributed by atoms with Crippen molar-refractivity contribution in [1.82, 2.24) is 4.90 Å². The van der Waals surface area contributed by atoms with E-state index in [0.717, 1.165) is 25.7 Å². The molecule has 0 unspecified atom stereocenters. The normalized spacial score (nSPS) is 15.2. The maximum Gasteiger partial charge on any atom is 0.311 e. The van der Waals surface area contributed by atoms with Gasteiger partial charge in [0, 0.05) is 0 Å². The summed E-state index contributed by atoms with van der Waals surface area (Å²) in [4.78, 5) is 15.5. The van der Waals surface area contributed by atoms with Gasteiger partial charge >= 0.3 is 5.97 Å². The van der Waals surface area contributed by atoms with E-state index in [0.29, 0.717) is 0 Å². The molecule has 0 aromatic rings. The first kappa shape index (κ1) is 27.5. The Hall–Kier alpha value is -0.570. The van der Waals surface area contributed by atoms with Crippen LogP contribution >= 0.6 is 0 Å². The van der Waals surface area contributed by atoms with Gasteiger partial charge in [-0.3, -0.25) is 4.79 Å². The minimum absolute atomic E-state index is 0.0375. The summed E-state index contributed by atoms with van der Waals surface area (Å²) in [5.41, 5.74) is -0.347. The molecule has 0 amide bonds. The number of carbonyl (C=O) groups excluding carboxylic acids is 1. The lowest BCUT2D eigenvalue weighted by Crippen LogP contribution is -2.31. The molecule has 0 aliphatic carbocycles. The van der Waals surface area contributed by atoms with Gasteiger partial charge in [0.05, 0.1) is 5.41 Å². The Balaban J connectivity index is 2.28. The van der Waals surface area contributed by atoms with Crippen molar-refractivity contribution in [3.8, 4) is 0 Å². The molecule has 0 bridgehead atoms. The third kappa shape index (κ3) is 13.0. The SMILES string of the molecule is CCCCCCC(CCCCCC)OC(=O)C(C)(C)CCCCCCN1CCCC1. The number of hydrogen-bond donors (Lipinski definition) is 0. The second kappa shape index (κ2) is 17.0. The Morgan fingerprint density at radius 2 is 1.33 bits per heavy atom. The third-order valence-electron chi connectivity index (χ3n) is 6.81. The molecule has 0 spiro atoms. The second-order valence-corrected chi connectivity index (χ2v) is 10.3. The molecule has 0 atom stereocenters. The van der Waals surface area contributed by atoms with Gasteiger partial charge in [0.2, 0.25) is 0 Å². The van der Waals surface area contributed by atoms with Crippen molar-refractivity contribution < 1.29 is 9.53 Å². The maximum absolute atomic E-state index is 12.9. The van der Waals surface area contributed by atoms with Crippen LogP contribution in [0.5, 0.6) is 0 Å². The van der Waals surface area contributed by atoms with Crippen LogP contribution in [-0.4, -0.2) is 36.6 Å². The van der Waals surface area contributed by atoms with Crippen LogP contribution < -0.4 is 0 Å². The molecule has 1 heterocycles. The topological polar surface area (TPSA) is 29.5 Å². The predicted octanol–water partition coefficient (Wildman–Crippen LogP) is 7.91. The highest BCUT2D eigenvalue weighted by atomic mass is 16.5. The number of likely N-dealkylation sites (tertiary alicyclic amines) is 1. The van der Waals surface area contributed by atoms with Gasteiger partial charge in [0.15, 0.2) is 0 Å². The van der Waals surface area contributed by atoms with Gasteiger partial charge < -0.3 is 9.64 Å². The Morgan fingerprint density at radius 1 is 0.800 bits per heavy atom. The zero-order valence-corrected chi connectivity index (χ0v) is 21.0. The van der Waals surface area contributed by atoms with Gasteiger partial charge in [0.1, 0.15) is 6.10 Å². The summed E-state index contributed by atoms with van der Waals surface area (Å²) in [7, 11) is 0. The van der Waals surface area contributed by atoms with Gasteiger partial charge in [-0.2, -0.15) is 0 Å². The van der Waals surface area contributed by atoms with Gasteiger partial charge in [-0.25, -0.2) is 0 Å². The standard InChI is InChI=1S/C27H53NO2/c1-5-7-9-13-19-25(20-14-10-8-6-2)30-26(29)27(3,4)21-15-11-12-16-22-28-23-17-18-24-28/h25H,5-24H2,1-4H3. The van der Waals surface area contributed by atoms with E-state index in [1.807, 2.05) is 0 Å². The van der Waals surface area contributed by atoms with E-state index in [1.54, 1.807) is 0 Å². The first-order chi connectivity index (χ1) is 14.5. The number of unbranched alkanes of at least 4 members (excludes halogenated alkanes) is 9. The molecule has 1 saturated heterocycles. The molecule has 30 heavy (non-hydrogen) atoms. The van der Waals surface area contributed by atoms with E-state index in [-0.39, 0.29) is 17.5 Å². The fourth-order valence-electron chi connectivity index (χ4n) is 4.53. The first-order valence-electron chi connectivity index (χ1n) is 13.4. The fourth-order valence-corrected chi connectivity index (χ4v) is 4.53. The molecule has 1 aliphatic heterocycles. The van der Waals surface area contributed by atoms with E-state index >= 15 is 0 Å². The lowest BCUT2D eigenvalue weighted by Gasteiger charge is -2.27. The average molecular weight is 424 g/mol. The van der Waals surface area contributed by atoms with Crippen molar-refractivity contribution in [2.45, 2.75) is 143 Å². The summed E-state index contributed by atoms with van der Waals surface area (Å²) >= 11 is 0. The molecular formula is C27H53NO2. The minimum atomic E-state index is -0.347. The Labute approximate surface area is 188 Å². The van der Waals surface area contributed by atoms with Crippen molar-refractivity contribution in [2.75, 3.05) is 19.6 Å². The molecule has 1 aliphatic rings. The molecule has 3 heteroatoms. The van der Waals surface area contributed by atoms with E-state index in [9.17, 15) is 4.79 Å². The molecule has 3 nitrogen and oxygen atoms in total. The van der Waals surface area contributed by atoms with Crippen LogP contribution in [0.3, 0.4) is 0 Å². The molecule has 0 aromatic heterocycles. The van der Waals surface area contributed by atoms with Gasteiger partial charge in [-0.05, 0) is 84.8 Å². The van der Waals surface area contributed by atoms with Crippen LogP contribution in [0.15, 0.2) is 0 Å². The number of ether oxygens (including phenoxy) is 1. The first-order valence-corrected chi connectivity index (χ1v) is 13.4. The monoisotopic (exact) mass is 423 g/mol. The number of hydrogen-bond acceptors (Lipinski definition) is 3. The highest BCUT2D eigenvalue weighted by Crippen LogP contribution is 2.28. The molecule has 0 aromatic carbocycles. The molecule has 1 fully saturated rings. The molecule has 0 saturated carbocycles. The van der Waals surface area contributed by atoms with Crippen LogP contribution in [0.1, 0.15) is 137 Å². The zero-order valence-electron chi connectivity index (χ0n) is 21.0. The molecular weight excluding hydrogens is 370 g/mol.